The van der Waals surface area contributed by atoms with Gasteiger partial charge in [-0.3, -0.25) is 4.79 Å². The summed E-state index contributed by atoms with van der Waals surface area (Å²) < 4.78 is 0. The molecule has 17 heavy (non-hydrogen) atoms. The van der Waals surface area contributed by atoms with E-state index in [0.717, 1.165) is 5.82 Å². The highest BCUT2D eigenvalue weighted by Crippen LogP contribution is 2.34. The largest absolute Gasteiger partial charge is 0.341 e. The van der Waals surface area contributed by atoms with E-state index in [9.17, 15) is 4.79 Å². The van der Waals surface area contributed by atoms with Crippen molar-refractivity contribution in [3.05, 3.63) is 11.5 Å². The Morgan fingerprint density at radius 3 is 2.71 bits per heavy atom. The predicted octanol–water partition coefficient (Wildman–Crippen LogP) is 1.71. The highest BCUT2D eigenvalue weighted by atomic mass is 35.5. The molecule has 0 bridgehead atoms. The number of likely N-dealkylation sites (N-methyl/N-ethyl adjacent to an activating group) is 1. The summed E-state index contributed by atoms with van der Waals surface area (Å²) in [6.45, 7) is 5.92. The molecule has 0 aliphatic carbocycles. The minimum Gasteiger partial charge on any atom is -0.341 e. The summed E-state index contributed by atoms with van der Waals surface area (Å²) in [6, 6.07) is -0.0640. The molecule has 0 saturated heterocycles. The molecule has 0 radical (unpaired) electrons. The third kappa shape index (κ3) is 1.84. The third-order valence-corrected chi connectivity index (χ3v) is 3.17. The van der Waals surface area contributed by atoms with Crippen LogP contribution in [-0.4, -0.2) is 35.0 Å². The molecule has 1 aromatic heterocycles. The van der Waals surface area contributed by atoms with Crippen molar-refractivity contribution >= 4 is 29.0 Å². The van der Waals surface area contributed by atoms with Gasteiger partial charge in [0.25, 0.3) is 0 Å². The van der Waals surface area contributed by atoms with Gasteiger partial charge in [-0.05, 0) is 32.4 Å². The summed E-state index contributed by atoms with van der Waals surface area (Å²) >= 11 is 5.83. The molecule has 0 fully saturated rings. The molecule has 1 amide bonds. The molecule has 6 heteroatoms. The van der Waals surface area contributed by atoms with Gasteiger partial charge in [-0.2, -0.15) is 4.98 Å². The van der Waals surface area contributed by atoms with Crippen molar-refractivity contribution in [1.82, 2.24) is 9.97 Å². The maximum atomic E-state index is 12.1. The maximum absolute atomic E-state index is 12.1. The predicted molar refractivity (Wildman–Crippen MR) is 67.5 cm³/mol. The van der Waals surface area contributed by atoms with Gasteiger partial charge in [-0.25, -0.2) is 4.98 Å². The number of hydrogen-bond acceptors (Lipinski definition) is 4. The van der Waals surface area contributed by atoms with Crippen LogP contribution in [0.1, 0.15) is 20.8 Å². The van der Waals surface area contributed by atoms with E-state index in [1.54, 1.807) is 18.1 Å². The Morgan fingerprint density at radius 1 is 1.47 bits per heavy atom. The fourth-order valence-electron chi connectivity index (χ4n) is 2.17. The summed E-state index contributed by atoms with van der Waals surface area (Å²) in [5, 5.41) is 0.198. The van der Waals surface area contributed by atoms with E-state index in [1.165, 1.54) is 0 Å². The fraction of sp³-hybridized carbons (Fsp3) is 0.545. The number of hydrogen-bond donors (Lipinski definition) is 0. The van der Waals surface area contributed by atoms with Gasteiger partial charge in [0.15, 0.2) is 5.82 Å². The summed E-state index contributed by atoms with van der Waals surface area (Å²) in [4.78, 5) is 23.8. The zero-order valence-electron chi connectivity index (χ0n) is 10.3. The number of carbonyl (C=O) groups excluding carboxylic acids is 1. The maximum Gasteiger partial charge on any atom is 0.249 e. The van der Waals surface area contributed by atoms with Crippen LogP contribution < -0.4 is 9.80 Å². The van der Waals surface area contributed by atoms with E-state index in [2.05, 4.69) is 9.97 Å². The van der Waals surface area contributed by atoms with E-state index in [0.29, 0.717) is 5.69 Å². The zero-order valence-corrected chi connectivity index (χ0v) is 11.1. The first-order valence-corrected chi connectivity index (χ1v) is 5.89. The van der Waals surface area contributed by atoms with Crippen molar-refractivity contribution in [2.24, 2.45) is 0 Å². The second-order valence-corrected chi connectivity index (χ2v) is 4.76. The Balaban J connectivity index is 2.60. The van der Waals surface area contributed by atoms with Crippen molar-refractivity contribution in [3.63, 3.8) is 0 Å². The quantitative estimate of drug-likeness (QED) is 0.716. The molecule has 1 aliphatic rings. The SMILES string of the molecule is CC(C)N1c2nc(Cl)ncc2N(C)C(=O)[C@H]1C. The first-order valence-electron chi connectivity index (χ1n) is 5.52. The number of anilines is 2. The molecule has 1 aromatic rings. The molecule has 92 valence electrons. The van der Waals surface area contributed by atoms with Gasteiger partial charge >= 0.3 is 0 Å². The van der Waals surface area contributed by atoms with Gasteiger partial charge in [0.1, 0.15) is 11.7 Å². The third-order valence-electron chi connectivity index (χ3n) is 2.99. The topological polar surface area (TPSA) is 49.3 Å². The molecule has 0 N–H and O–H groups in total. The number of amides is 1. The molecule has 1 atom stereocenters. The highest BCUT2D eigenvalue weighted by Gasteiger charge is 2.36. The number of fused-ring (bicyclic) bond motifs is 1. The van der Waals surface area contributed by atoms with Gasteiger partial charge in [0.2, 0.25) is 11.2 Å². The second kappa shape index (κ2) is 4.14. The Hall–Kier alpha value is -1.36. The Morgan fingerprint density at radius 2 is 2.12 bits per heavy atom. The number of aromatic nitrogens is 2. The van der Waals surface area contributed by atoms with Crippen molar-refractivity contribution in [1.29, 1.82) is 0 Å². The number of halogens is 1. The van der Waals surface area contributed by atoms with Gasteiger partial charge in [0.05, 0.1) is 6.20 Å². The summed E-state index contributed by atoms with van der Waals surface area (Å²) in [7, 11) is 1.73. The zero-order chi connectivity index (χ0) is 12.7. The molecule has 0 saturated carbocycles. The van der Waals surface area contributed by atoms with Crippen molar-refractivity contribution < 1.29 is 4.79 Å². The van der Waals surface area contributed by atoms with Crippen LogP contribution in [0.25, 0.3) is 0 Å². The first-order chi connectivity index (χ1) is 7.93. The Kier molecular flexibility index (Phi) is 2.95. The van der Waals surface area contributed by atoms with Crippen LogP contribution in [0.3, 0.4) is 0 Å². The molecule has 0 unspecified atom stereocenters. The lowest BCUT2D eigenvalue weighted by Gasteiger charge is -2.41. The molecule has 0 spiro atoms. The van der Waals surface area contributed by atoms with Crippen LogP contribution in [0, 0.1) is 0 Å². The average Bonchev–Trinajstić information content (AvgIpc) is 2.25. The van der Waals surface area contributed by atoms with Crippen LogP contribution in [0.2, 0.25) is 5.28 Å². The van der Waals surface area contributed by atoms with E-state index < -0.39 is 0 Å². The summed E-state index contributed by atoms with van der Waals surface area (Å²) in [6.07, 6.45) is 1.59. The minimum atomic E-state index is -0.238. The lowest BCUT2D eigenvalue weighted by Crippen LogP contribution is -2.53. The average molecular weight is 255 g/mol. The Bertz CT molecular complexity index is 463. The molecular weight excluding hydrogens is 240 g/mol. The van der Waals surface area contributed by atoms with E-state index in [1.807, 2.05) is 25.7 Å². The normalized spacial score (nSPS) is 19.9. The highest BCUT2D eigenvalue weighted by molar-refractivity contribution is 6.28. The van der Waals surface area contributed by atoms with Crippen LogP contribution >= 0.6 is 11.6 Å². The van der Waals surface area contributed by atoms with E-state index in [-0.39, 0.29) is 23.3 Å². The smallest absolute Gasteiger partial charge is 0.249 e. The minimum absolute atomic E-state index is 0.0390. The van der Waals surface area contributed by atoms with Gasteiger partial charge in [-0.15, -0.1) is 0 Å². The molecule has 1 aliphatic heterocycles. The van der Waals surface area contributed by atoms with Crippen molar-refractivity contribution in [2.75, 3.05) is 16.8 Å². The molecule has 2 rings (SSSR count). The first kappa shape index (κ1) is 12.1. The summed E-state index contributed by atoms with van der Waals surface area (Å²) in [5.41, 5.74) is 0.700. The van der Waals surface area contributed by atoms with Crippen molar-refractivity contribution in [2.45, 2.75) is 32.9 Å². The van der Waals surface area contributed by atoms with E-state index >= 15 is 0 Å². The second-order valence-electron chi connectivity index (χ2n) is 4.42. The number of rotatable bonds is 1. The van der Waals surface area contributed by atoms with Crippen LogP contribution in [0.5, 0.6) is 0 Å². The monoisotopic (exact) mass is 254 g/mol. The molecule has 0 aromatic carbocycles. The van der Waals surface area contributed by atoms with E-state index in [4.69, 9.17) is 11.6 Å². The van der Waals surface area contributed by atoms with Crippen LogP contribution in [-0.2, 0) is 4.79 Å². The molecular formula is C11H15ClN4O. The number of carbonyl (C=O) groups is 1. The lowest BCUT2D eigenvalue weighted by molar-refractivity contribution is -0.119. The van der Waals surface area contributed by atoms with Gasteiger partial charge in [0, 0.05) is 13.1 Å². The summed E-state index contributed by atoms with van der Waals surface area (Å²) in [5.74, 6) is 0.756. The molecule has 5 nitrogen and oxygen atoms in total. The van der Waals surface area contributed by atoms with Crippen LogP contribution in [0.4, 0.5) is 11.5 Å². The lowest BCUT2D eigenvalue weighted by atomic mass is 10.1. The standard InChI is InChI=1S/C11H15ClN4O/c1-6(2)16-7(3)10(17)15(4)8-5-13-11(12)14-9(8)16/h5-7H,1-4H3/t7-/m1/s1. The number of nitrogens with zero attached hydrogens (tertiary/aromatic N) is 4. The Labute approximate surface area is 105 Å². The fourth-order valence-corrected chi connectivity index (χ4v) is 2.29. The molecule has 2 heterocycles. The van der Waals surface area contributed by atoms with Crippen molar-refractivity contribution in [3.8, 4) is 0 Å². The van der Waals surface area contributed by atoms with Gasteiger partial charge < -0.3 is 9.80 Å². The van der Waals surface area contributed by atoms with Crippen LogP contribution in [0.15, 0.2) is 6.20 Å². The van der Waals surface area contributed by atoms with Gasteiger partial charge in [-0.1, -0.05) is 0 Å².